The number of hydrogen-bond acceptors (Lipinski definition) is 4. The number of Topliss-reactive ketones (excluding diaryl/α,β-unsaturated/α-hetero) is 1. The predicted molar refractivity (Wildman–Crippen MR) is 81.1 cm³/mol. The summed E-state index contributed by atoms with van der Waals surface area (Å²) in [5.74, 6) is -0.377. The molecule has 21 heavy (non-hydrogen) atoms. The number of nitrogen functional groups attached to an aromatic ring is 1. The molecule has 5 heteroatoms. The Balaban J connectivity index is 1.90. The average molecular weight is 283 g/mol. The smallest absolute Gasteiger partial charge is 0.269 e. The monoisotopic (exact) mass is 283 g/mol. The summed E-state index contributed by atoms with van der Waals surface area (Å²) in [5.41, 5.74) is 8.07. The molecular formula is C16H17N3O2. The quantitative estimate of drug-likeness (QED) is 0.649. The molecule has 108 valence electrons. The second-order valence-corrected chi connectivity index (χ2v) is 4.73. The number of nitrogens with one attached hydrogen (secondary N) is 1. The molecule has 0 bridgehead atoms. The van der Waals surface area contributed by atoms with Gasteiger partial charge in [0.2, 0.25) is 0 Å². The van der Waals surface area contributed by atoms with E-state index in [9.17, 15) is 9.59 Å². The Labute approximate surface area is 123 Å². The third-order valence-corrected chi connectivity index (χ3v) is 3.04. The van der Waals surface area contributed by atoms with Crippen LogP contribution in [0.4, 0.5) is 5.69 Å². The van der Waals surface area contributed by atoms with Crippen molar-refractivity contribution >= 4 is 17.4 Å². The molecule has 0 fully saturated rings. The Bertz CT molecular complexity index is 654. The number of ketones is 1. The fourth-order valence-corrected chi connectivity index (χ4v) is 1.92. The lowest BCUT2D eigenvalue weighted by atomic mass is 10.0. The van der Waals surface area contributed by atoms with Crippen LogP contribution in [0.1, 0.15) is 32.8 Å². The summed E-state index contributed by atoms with van der Waals surface area (Å²) in [6.07, 6.45) is 1.75. The SMILES string of the molecule is Cc1ccc(N)c(C(=O)CCNC(=O)c2ccccn2)c1. The Kier molecular flexibility index (Phi) is 4.66. The first-order valence-corrected chi connectivity index (χ1v) is 6.66. The van der Waals surface area contributed by atoms with Crippen molar-refractivity contribution in [3.8, 4) is 0 Å². The van der Waals surface area contributed by atoms with Gasteiger partial charge in [-0.2, -0.15) is 0 Å². The lowest BCUT2D eigenvalue weighted by Crippen LogP contribution is -2.26. The van der Waals surface area contributed by atoms with Gasteiger partial charge < -0.3 is 11.1 Å². The van der Waals surface area contributed by atoms with Crippen molar-refractivity contribution in [1.29, 1.82) is 0 Å². The zero-order valence-corrected chi connectivity index (χ0v) is 11.8. The summed E-state index contributed by atoms with van der Waals surface area (Å²) in [6, 6.07) is 10.4. The molecule has 3 N–H and O–H groups in total. The highest BCUT2D eigenvalue weighted by Crippen LogP contribution is 2.15. The van der Waals surface area contributed by atoms with Crippen molar-refractivity contribution in [2.45, 2.75) is 13.3 Å². The first kappa shape index (κ1) is 14.7. The first-order chi connectivity index (χ1) is 10.1. The number of aryl methyl sites for hydroxylation is 1. The molecule has 0 aliphatic rings. The van der Waals surface area contributed by atoms with Gasteiger partial charge in [-0.05, 0) is 31.2 Å². The van der Waals surface area contributed by atoms with Gasteiger partial charge in [0.25, 0.3) is 5.91 Å². The molecule has 0 atom stereocenters. The van der Waals surface area contributed by atoms with E-state index in [0.29, 0.717) is 16.9 Å². The van der Waals surface area contributed by atoms with Crippen LogP contribution in [0.25, 0.3) is 0 Å². The molecule has 0 aliphatic carbocycles. The normalized spacial score (nSPS) is 10.1. The maximum absolute atomic E-state index is 12.1. The van der Waals surface area contributed by atoms with Crippen molar-refractivity contribution in [2.75, 3.05) is 12.3 Å². The van der Waals surface area contributed by atoms with E-state index in [0.717, 1.165) is 5.56 Å². The Morgan fingerprint density at radius 3 is 2.76 bits per heavy atom. The summed E-state index contributed by atoms with van der Waals surface area (Å²) < 4.78 is 0. The van der Waals surface area contributed by atoms with Crippen LogP contribution in [-0.4, -0.2) is 23.2 Å². The van der Waals surface area contributed by atoms with E-state index in [1.165, 1.54) is 0 Å². The first-order valence-electron chi connectivity index (χ1n) is 6.66. The summed E-state index contributed by atoms with van der Waals surface area (Å²) >= 11 is 0. The number of nitrogens with two attached hydrogens (primary N) is 1. The van der Waals surface area contributed by atoms with E-state index in [1.807, 2.05) is 13.0 Å². The lowest BCUT2D eigenvalue weighted by molar-refractivity contribution is 0.0936. The van der Waals surface area contributed by atoms with Crippen LogP contribution in [-0.2, 0) is 0 Å². The molecule has 1 aromatic carbocycles. The number of amides is 1. The number of benzene rings is 1. The standard InChI is InChI=1S/C16H17N3O2/c1-11-5-6-13(17)12(10-11)15(20)7-9-19-16(21)14-4-2-3-8-18-14/h2-6,8,10H,7,9,17H2,1H3,(H,19,21). The number of rotatable bonds is 5. The van der Waals surface area contributed by atoms with Gasteiger partial charge in [0.1, 0.15) is 5.69 Å². The topological polar surface area (TPSA) is 85.1 Å². The van der Waals surface area contributed by atoms with Crippen molar-refractivity contribution in [2.24, 2.45) is 0 Å². The number of aromatic nitrogens is 1. The highest BCUT2D eigenvalue weighted by molar-refractivity contribution is 6.01. The molecule has 0 unspecified atom stereocenters. The zero-order chi connectivity index (χ0) is 15.2. The maximum atomic E-state index is 12.1. The van der Waals surface area contributed by atoms with E-state index in [2.05, 4.69) is 10.3 Å². The molecule has 0 spiro atoms. The van der Waals surface area contributed by atoms with Crippen LogP contribution < -0.4 is 11.1 Å². The zero-order valence-electron chi connectivity index (χ0n) is 11.8. The van der Waals surface area contributed by atoms with Crippen molar-refractivity contribution < 1.29 is 9.59 Å². The highest BCUT2D eigenvalue weighted by atomic mass is 16.2. The van der Waals surface area contributed by atoms with Gasteiger partial charge in [0.05, 0.1) is 0 Å². The Morgan fingerprint density at radius 2 is 2.05 bits per heavy atom. The Morgan fingerprint density at radius 1 is 1.24 bits per heavy atom. The predicted octanol–water partition coefficient (Wildman–Crippen LogP) is 1.98. The third kappa shape index (κ3) is 3.89. The number of anilines is 1. The molecule has 5 nitrogen and oxygen atoms in total. The van der Waals surface area contributed by atoms with Gasteiger partial charge >= 0.3 is 0 Å². The fraction of sp³-hybridized carbons (Fsp3) is 0.188. The second-order valence-electron chi connectivity index (χ2n) is 4.73. The minimum absolute atomic E-state index is 0.0856. The third-order valence-electron chi connectivity index (χ3n) is 3.04. The molecule has 0 saturated carbocycles. The van der Waals surface area contributed by atoms with Crippen molar-refractivity contribution in [3.63, 3.8) is 0 Å². The lowest BCUT2D eigenvalue weighted by Gasteiger charge is -2.07. The van der Waals surface area contributed by atoms with Gasteiger partial charge in [-0.25, -0.2) is 0 Å². The van der Waals surface area contributed by atoms with Crippen molar-refractivity contribution in [1.82, 2.24) is 10.3 Å². The molecule has 2 aromatic rings. The largest absolute Gasteiger partial charge is 0.398 e. The van der Waals surface area contributed by atoms with Gasteiger partial charge in [0, 0.05) is 30.4 Å². The maximum Gasteiger partial charge on any atom is 0.269 e. The molecule has 1 amide bonds. The molecule has 0 saturated heterocycles. The van der Waals surface area contributed by atoms with E-state index in [4.69, 9.17) is 5.73 Å². The van der Waals surface area contributed by atoms with E-state index in [1.54, 1.807) is 36.5 Å². The average Bonchev–Trinajstić information content (AvgIpc) is 2.50. The number of hydrogen-bond donors (Lipinski definition) is 2. The van der Waals surface area contributed by atoms with E-state index >= 15 is 0 Å². The molecule has 2 rings (SSSR count). The molecule has 0 aliphatic heterocycles. The number of carbonyl (C=O) groups is 2. The van der Waals surface area contributed by atoms with Gasteiger partial charge in [-0.1, -0.05) is 17.7 Å². The van der Waals surface area contributed by atoms with Crippen LogP contribution in [0, 0.1) is 6.92 Å². The summed E-state index contributed by atoms with van der Waals surface area (Å²) in [7, 11) is 0. The van der Waals surface area contributed by atoms with Crippen LogP contribution in [0.2, 0.25) is 0 Å². The van der Waals surface area contributed by atoms with Gasteiger partial charge in [-0.15, -0.1) is 0 Å². The van der Waals surface area contributed by atoms with Gasteiger partial charge in [0.15, 0.2) is 5.78 Å². The minimum atomic E-state index is -0.291. The van der Waals surface area contributed by atoms with Crippen LogP contribution in [0.5, 0.6) is 0 Å². The summed E-state index contributed by atoms with van der Waals surface area (Å²) in [5, 5.41) is 2.67. The summed E-state index contributed by atoms with van der Waals surface area (Å²) in [4.78, 5) is 27.8. The van der Waals surface area contributed by atoms with Crippen LogP contribution in [0.15, 0.2) is 42.6 Å². The van der Waals surface area contributed by atoms with E-state index in [-0.39, 0.29) is 24.7 Å². The fourth-order valence-electron chi connectivity index (χ4n) is 1.92. The molecule has 0 radical (unpaired) electrons. The van der Waals surface area contributed by atoms with Crippen LogP contribution in [0.3, 0.4) is 0 Å². The van der Waals surface area contributed by atoms with Crippen molar-refractivity contribution in [3.05, 3.63) is 59.4 Å². The second kappa shape index (κ2) is 6.65. The number of nitrogens with zero attached hydrogens (tertiary/aromatic N) is 1. The molecule has 1 aromatic heterocycles. The molecule has 1 heterocycles. The van der Waals surface area contributed by atoms with Crippen LogP contribution >= 0.6 is 0 Å². The highest BCUT2D eigenvalue weighted by Gasteiger charge is 2.11. The van der Waals surface area contributed by atoms with Gasteiger partial charge in [-0.3, -0.25) is 14.6 Å². The minimum Gasteiger partial charge on any atom is -0.398 e. The Hall–Kier alpha value is -2.69. The summed E-state index contributed by atoms with van der Waals surface area (Å²) in [6.45, 7) is 2.15. The van der Waals surface area contributed by atoms with E-state index < -0.39 is 0 Å². The number of pyridine rings is 1. The number of carbonyl (C=O) groups excluding carboxylic acids is 2. The molecular weight excluding hydrogens is 266 g/mol.